The highest BCUT2D eigenvalue weighted by Crippen LogP contribution is 2.28. The van der Waals surface area contributed by atoms with Crippen molar-refractivity contribution in [1.29, 1.82) is 0 Å². The lowest BCUT2D eigenvalue weighted by atomic mass is 9.92. The molecule has 2 aromatic rings. The third kappa shape index (κ3) is 3.20. The monoisotopic (exact) mass is 292 g/mol. The van der Waals surface area contributed by atoms with Crippen molar-refractivity contribution in [2.24, 2.45) is 7.05 Å². The Balaban J connectivity index is 2.21. The molecule has 0 radical (unpaired) electrons. The molecule has 0 amide bonds. The van der Waals surface area contributed by atoms with E-state index in [4.69, 9.17) is 0 Å². The van der Waals surface area contributed by atoms with Gasteiger partial charge in [-0.05, 0) is 12.1 Å². The lowest BCUT2D eigenvalue weighted by Gasteiger charge is -2.33. The van der Waals surface area contributed by atoms with Crippen molar-refractivity contribution >= 4 is 11.8 Å². The van der Waals surface area contributed by atoms with E-state index in [9.17, 15) is 5.11 Å². The van der Waals surface area contributed by atoms with Gasteiger partial charge in [0.05, 0.1) is 12.1 Å². The fourth-order valence-corrected chi connectivity index (χ4v) is 3.21. The van der Waals surface area contributed by atoms with Crippen LogP contribution >= 0.6 is 11.8 Å². The first-order valence-electron chi connectivity index (χ1n) is 6.60. The van der Waals surface area contributed by atoms with E-state index in [0.717, 1.165) is 17.3 Å². The molecule has 0 saturated heterocycles. The number of thioether (sulfide) groups is 1. The molecule has 0 aliphatic rings. The van der Waals surface area contributed by atoms with Crippen molar-refractivity contribution in [2.45, 2.75) is 17.6 Å². The van der Waals surface area contributed by atoms with Crippen LogP contribution in [-0.4, -0.2) is 38.8 Å². The Hall–Kier alpha value is -1.37. The highest BCUT2D eigenvalue weighted by atomic mass is 32.2. The first kappa shape index (κ1) is 15.0. The third-order valence-corrected chi connectivity index (χ3v) is 4.49. The summed E-state index contributed by atoms with van der Waals surface area (Å²) in [6, 6.07) is 10.0. The average molecular weight is 292 g/mol. The van der Waals surface area contributed by atoms with Gasteiger partial charge in [-0.3, -0.25) is 0 Å². The molecule has 1 atom stereocenters. The smallest absolute Gasteiger partial charge is 0.190 e. The van der Waals surface area contributed by atoms with Crippen LogP contribution in [0.5, 0.6) is 0 Å². The van der Waals surface area contributed by atoms with Crippen molar-refractivity contribution in [2.75, 3.05) is 18.9 Å². The van der Waals surface area contributed by atoms with Gasteiger partial charge in [0.2, 0.25) is 0 Å². The van der Waals surface area contributed by atoms with E-state index in [1.54, 1.807) is 18.1 Å². The van der Waals surface area contributed by atoms with Gasteiger partial charge >= 0.3 is 0 Å². The van der Waals surface area contributed by atoms with Crippen LogP contribution in [0.2, 0.25) is 0 Å². The molecule has 1 unspecified atom stereocenters. The van der Waals surface area contributed by atoms with Crippen LogP contribution in [0, 0.1) is 0 Å². The Labute approximate surface area is 123 Å². The number of rotatable bonds is 7. The van der Waals surface area contributed by atoms with Crippen molar-refractivity contribution in [3.8, 4) is 0 Å². The molecule has 1 aromatic carbocycles. The van der Waals surface area contributed by atoms with Crippen LogP contribution < -0.4 is 5.32 Å². The number of aliphatic hydroxyl groups excluding tert-OH is 1. The predicted molar refractivity (Wildman–Crippen MR) is 80.6 cm³/mol. The molecule has 108 valence electrons. The Bertz CT molecular complexity index is 531. The molecule has 0 aliphatic carbocycles. The maximum absolute atomic E-state index is 9.94. The molecule has 0 fully saturated rings. The van der Waals surface area contributed by atoms with Crippen molar-refractivity contribution in [3.63, 3.8) is 0 Å². The molecule has 2 N–H and O–H groups in total. The normalized spacial score (nSPS) is 14.2. The number of nitrogens with zero attached hydrogens (tertiary/aromatic N) is 3. The van der Waals surface area contributed by atoms with Crippen LogP contribution in [0.4, 0.5) is 0 Å². The summed E-state index contributed by atoms with van der Waals surface area (Å²) in [4.78, 5) is 0. The molecular weight excluding hydrogens is 272 g/mol. The molecule has 0 spiro atoms. The predicted octanol–water partition coefficient (Wildman–Crippen LogP) is 1.40. The second-order valence-corrected chi connectivity index (χ2v) is 5.59. The molecule has 0 saturated carbocycles. The Morgan fingerprint density at radius 1 is 1.35 bits per heavy atom. The van der Waals surface area contributed by atoms with Gasteiger partial charge in [0.1, 0.15) is 6.33 Å². The number of aryl methyl sites for hydroxylation is 1. The SMILES string of the molecule is CCNC(CO)(CSc1nncn1C)c1ccccc1. The highest BCUT2D eigenvalue weighted by Gasteiger charge is 2.31. The zero-order valence-corrected chi connectivity index (χ0v) is 12.6. The van der Waals surface area contributed by atoms with E-state index in [1.807, 2.05) is 48.9 Å². The summed E-state index contributed by atoms with van der Waals surface area (Å²) in [6.07, 6.45) is 1.68. The van der Waals surface area contributed by atoms with E-state index < -0.39 is 5.54 Å². The summed E-state index contributed by atoms with van der Waals surface area (Å²) >= 11 is 1.59. The van der Waals surface area contributed by atoms with Gasteiger partial charge in [-0.2, -0.15) is 0 Å². The molecule has 5 nitrogen and oxygen atoms in total. The van der Waals surface area contributed by atoms with Gasteiger partial charge < -0.3 is 15.0 Å². The van der Waals surface area contributed by atoms with Gasteiger partial charge in [-0.15, -0.1) is 10.2 Å². The van der Waals surface area contributed by atoms with Crippen LogP contribution in [0.1, 0.15) is 12.5 Å². The maximum Gasteiger partial charge on any atom is 0.190 e. The minimum absolute atomic E-state index is 0.0374. The second kappa shape index (κ2) is 6.88. The van der Waals surface area contributed by atoms with Crippen LogP contribution in [-0.2, 0) is 12.6 Å². The third-order valence-electron chi connectivity index (χ3n) is 3.23. The molecule has 2 rings (SSSR count). The Morgan fingerprint density at radius 2 is 2.10 bits per heavy atom. The Kier molecular flexibility index (Phi) is 5.17. The summed E-state index contributed by atoms with van der Waals surface area (Å²) in [7, 11) is 1.92. The molecule has 1 heterocycles. The highest BCUT2D eigenvalue weighted by molar-refractivity contribution is 7.99. The van der Waals surface area contributed by atoms with Crippen molar-refractivity contribution < 1.29 is 5.11 Å². The average Bonchev–Trinajstić information content (AvgIpc) is 2.90. The number of benzene rings is 1. The van der Waals surface area contributed by atoms with E-state index in [1.165, 1.54) is 0 Å². The largest absolute Gasteiger partial charge is 0.394 e. The molecule has 20 heavy (non-hydrogen) atoms. The van der Waals surface area contributed by atoms with Gasteiger partial charge in [0.15, 0.2) is 5.16 Å². The van der Waals surface area contributed by atoms with Gasteiger partial charge in [-0.25, -0.2) is 0 Å². The summed E-state index contributed by atoms with van der Waals surface area (Å²) in [5.41, 5.74) is 0.617. The zero-order valence-electron chi connectivity index (χ0n) is 11.8. The summed E-state index contributed by atoms with van der Waals surface area (Å²) < 4.78 is 1.88. The maximum atomic E-state index is 9.94. The fraction of sp³-hybridized carbons (Fsp3) is 0.429. The molecule has 0 bridgehead atoms. The van der Waals surface area contributed by atoms with E-state index >= 15 is 0 Å². The minimum atomic E-state index is -0.466. The topological polar surface area (TPSA) is 63.0 Å². The number of likely N-dealkylation sites (N-methyl/N-ethyl adjacent to an activating group) is 1. The quantitative estimate of drug-likeness (QED) is 0.755. The lowest BCUT2D eigenvalue weighted by Crippen LogP contribution is -2.47. The van der Waals surface area contributed by atoms with E-state index in [-0.39, 0.29) is 6.61 Å². The Morgan fingerprint density at radius 3 is 2.65 bits per heavy atom. The first-order chi connectivity index (χ1) is 9.72. The van der Waals surface area contributed by atoms with Crippen molar-refractivity contribution in [1.82, 2.24) is 20.1 Å². The molecule has 0 aliphatic heterocycles. The molecular formula is C14H20N4OS. The van der Waals surface area contributed by atoms with E-state index in [0.29, 0.717) is 5.75 Å². The number of aromatic nitrogens is 3. The van der Waals surface area contributed by atoms with Crippen LogP contribution in [0.25, 0.3) is 0 Å². The first-order valence-corrected chi connectivity index (χ1v) is 7.58. The molecule has 6 heteroatoms. The van der Waals surface area contributed by atoms with E-state index in [2.05, 4.69) is 15.5 Å². The number of hydrogen-bond acceptors (Lipinski definition) is 5. The van der Waals surface area contributed by atoms with Gasteiger partial charge in [0.25, 0.3) is 0 Å². The lowest BCUT2D eigenvalue weighted by molar-refractivity contribution is 0.181. The minimum Gasteiger partial charge on any atom is -0.394 e. The van der Waals surface area contributed by atoms with Gasteiger partial charge in [-0.1, -0.05) is 49.0 Å². The fourth-order valence-electron chi connectivity index (χ4n) is 2.12. The number of hydrogen-bond donors (Lipinski definition) is 2. The van der Waals surface area contributed by atoms with Crippen molar-refractivity contribution in [3.05, 3.63) is 42.2 Å². The number of nitrogens with one attached hydrogen (secondary N) is 1. The molecule has 1 aromatic heterocycles. The summed E-state index contributed by atoms with van der Waals surface area (Å²) in [6.45, 7) is 2.87. The van der Waals surface area contributed by atoms with Crippen LogP contribution in [0.3, 0.4) is 0 Å². The van der Waals surface area contributed by atoms with Crippen LogP contribution in [0.15, 0.2) is 41.8 Å². The standard InChI is InChI=1S/C14H20N4OS/c1-3-15-14(9-19,12-7-5-4-6-8-12)10-20-13-17-16-11-18(13)2/h4-8,11,15,19H,3,9-10H2,1-2H3. The summed E-state index contributed by atoms with van der Waals surface area (Å²) in [5, 5.41) is 22.1. The van der Waals surface area contributed by atoms with Gasteiger partial charge in [0, 0.05) is 12.8 Å². The number of aliphatic hydroxyl groups is 1. The second-order valence-electron chi connectivity index (χ2n) is 4.65. The summed E-state index contributed by atoms with van der Waals surface area (Å²) in [5.74, 6) is 0.688. The zero-order chi connectivity index (χ0) is 14.4.